The molecule has 1 unspecified atom stereocenters. The first-order valence-electron chi connectivity index (χ1n) is 5.35. The number of benzene rings is 1. The molecule has 0 saturated heterocycles. The van der Waals surface area contributed by atoms with Gasteiger partial charge in [0, 0.05) is 5.02 Å². The van der Waals surface area contributed by atoms with Crippen LogP contribution in [0.15, 0.2) is 33.3 Å². The fourth-order valence-electron chi connectivity index (χ4n) is 1.53. The van der Waals surface area contributed by atoms with Crippen LogP contribution in [0.5, 0.6) is 0 Å². The highest BCUT2D eigenvalue weighted by Gasteiger charge is 2.25. The number of hydrogen-bond acceptors (Lipinski definition) is 5. The third kappa shape index (κ3) is 2.86. The lowest BCUT2D eigenvalue weighted by molar-refractivity contribution is -0.118. The van der Waals surface area contributed by atoms with Crippen molar-refractivity contribution in [1.82, 2.24) is 5.43 Å². The van der Waals surface area contributed by atoms with Gasteiger partial charge in [-0.15, -0.1) is 0 Å². The van der Waals surface area contributed by atoms with Gasteiger partial charge in [0.25, 0.3) is 5.91 Å². The molecule has 0 aliphatic carbocycles. The Kier molecular flexibility index (Phi) is 3.85. The summed E-state index contributed by atoms with van der Waals surface area (Å²) in [7, 11) is 0. The van der Waals surface area contributed by atoms with Crippen molar-refractivity contribution in [3.05, 3.63) is 33.9 Å². The van der Waals surface area contributed by atoms with Crippen molar-refractivity contribution >= 4 is 35.5 Å². The minimum Gasteiger partial charge on any atom is -0.350 e. The molecule has 1 aromatic rings. The number of nitrogens with one attached hydrogen (secondary N) is 1. The van der Waals surface area contributed by atoms with Gasteiger partial charge in [0.1, 0.15) is 5.71 Å². The Morgan fingerprint density at radius 1 is 1.45 bits per heavy atom. The lowest BCUT2D eigenvalue weighted by atomic mass is 10.1. The first-order chi connectivity index (χ1) is 9.51. The molecule has 0 aromatic heterocycles. The van der Waals surface area contributed by atoms with Crippen LogP contribution in [-0.4, -0.2) is 30.0 Å². The quantitative estimate of drug-likeness (QED) is 0.409. The third-order valence-electron chi connectivity index (χ3n) is 2.37. The molecule has 1 aliphatic heterocycles. The highest BCUT2D eigenvalue weighted by Crippen LogP contribution is 2.03. The first-order valence-corrected chi connectivity index (χ1v) is 5.73. The van der Waals surface area contributed by atoms with Crippen LogP contribution in [0.2, 0.25) is 5.02 Å². The number of halogens is 1. The number of nitrogens with zero attached hydrogens (tertiary/aromatic N) is 3. The van der Waals surface area contributed by atoms with E-state index in [1.807, 2.05) is 5.43 Å². The average molecular weight is 294 g/mol. The zero-order valence-corrected chi connectivity index (χ0v) is 10.7. The summed E-state index contributed by atoms with van der Waals surface area (Å²) in [6.45, 7) is 0. The summed E-state index contributed by atoms with van der Waals surface area (Å²) in [5.74, 6) is -0.669. The molecule has 3 N–H and O–H groups in total. The van der Waals surface area contributed by atoms with E-state index >= 15 is 0 Å². The van der Waals surface area contributed by atoms with Gasteiger partial charge in [0.2, 0.25) is 0 Å². The molecule has 0 radical (unpaired) electrons. The predicted molar refractivity (Wildman–Crippen MR) is 68.8 cm³/mol. The number of carbonyl (C=O) groups is 3. The van der Waals surface area contributed by atoms with Crippen LogP contribution < -0.4 is 21.9 Å². The zero-order valence-electron chi connectivity index (χ0n) is 9.91. The van der Waals surface area contributed by atoms with E-state index in [0.29, 0.717) is 22.0 Å². The van der Waals surface area contributed by atoms with Crippen molar-refractivity contribution in [1.29, 1.82) is 0 Å². The summed E-state index contributed by atoms with van der Waals surface area (Å²) in [6, 6.07) is 2.41. The second-order valence-corrected chi connectivity index (χ2v) is 4.18. The van der Waals surface area contributed by atoms with Gasteiger partial charge < -0.3 is 5.73 Å². The first kappa shape index (κ1) is 13.8. The summed E-state index contributed by atoms with van der Waals surface area (Å²) < 4.78 is 0. The van der Waals surface area contributed by atoms with Crippen LogP contribution in [0.3, 0.4) is 0 Å². The largest absolute Gasteiger partial charge is 0.350 e. The smallest absolute Gasteiger partial charge is 0.332 e. The average Bonchev–Trinajstić information content (AvgIpc) is 2.40. The van der Waals surface area contributed by atoms with Crippen LogP contribution in [0.4, 0.5) is 4.79 Å². The predicted octanol–water partition coefficient (Wildman–Crippen LogP) is -1.29. The van der Waals surface area contributed by atoms with Crippen LogP contribution in [-0.2, 0) is 9.59 Å². The summed E-state index contributed by atoms with van der Waals surface area (Å²) in [5, 5.41) is 4.55. The van der Waals surface area contributed by atoms with Crippen molar-refractivity contribution in [3.63, 3.8) is 0 Å². The molecule has 20 heavy (non-hydrogen) atoms. The van der Waals surface area contributed by atoms with E-state index < -0.39 is 18.0 Å². The van der Waals surface area contributed by atoms with Crippen molar-refractivity contribution < 1.29 is 14.4 Å². The van der Waals surface area contributed by atoms with Crippen LogP contribution >= 0.6 is 11.6 Å². The van der Waals surface area contributed by atoms with Gasteiger partial charge in [0.05, 0.1) is 10.7 Å². The standard InChI is InChI=1S/C11H8ClN5O3/c12-5-1-2-6-7(3-5)14-9(10(19)15-6)8(4-18)16-17-11(13)20/h1-4,9H,(H3,13,17,20)/b16-8-. The lowest BCUT2D eigenvalue weighted by Crippen LogP contribution is -2.41. The number of urea groups is 1. The van der Waals surface area contributed by atoms with Gasteiger partial charge in [0.15, 0.2) is 12.3 Å². The molecule has 1 atom stereocenters. The summed E-state index contributed by atoms with van der Waals surface area (Å²) in [4.78, 5) is 41.2. The minimum absolute atomic E-state index is 0.299. The van der Waals surface area contributed by atoms with Gasteiger partial charge in [-0.05, 0) is 18.2 Å². The Bertz CT molecular complexity index is 743. The number of amides is 3. The molecular weight excluding hydrogens is 286 g/mol. The fraction of sp³-hybridized carbons (Fsp3) is 0.0909. The van der Waals surface area contributed by atoms with Crippen molar-refractivity contribution in [2.45, 2.75) is 6.04 Å². The molecule has 1 heterocycles. The lowest BCUT2D eigenvalue weighted by Gasteiger charge is -2.10. The number of hydrazone groups is 1. The molecule has 0 saturated carbocycles. The van der Waals surface area contributed by atoms with Gasteiger partial charge in [-0.3, -0.25) is 14.6 Å². The molecule has 0 bridgehead atoms. The summed E-state index contributed by atoms with van der Waals surface area (Å²) >= 11 is 5.82. The van der Waals surface area contributed by atoms with Gasteiger partial charge in [-0.2, -0.15) is 5.10 Å². The van der Waals surface area contributed by atoms with E-state index in [2.05, 4.69) is 15.1 Å². The van der Waals surface area contributed by atoms with Crippen LogP contribution in [0.1, 0.15) is 0 Å². The number of rotatable bonds is 3. The summed E-state index contributed by atoms with van der Waals surface area (Å²) in [5.41, 5.74) is 6.39. The van der Waals surface area contributed by atoms with E-state index in [1.54, 1.807) is 6.07 Å². The minimum atomic E-state index is -1.23. The Labute approximate surface area is 117 Å². The van der Waals surface area contributed by atoms with E-state index in [9.17, 15) is 14.4 Å². The number of primary amides is 1. The maximum atomic E-state index is 11.8. The Morgan fingerprint density at radius 2 is 2.20 bits per heavy atom. The zero-order chi connectivity index (χ0) is 14.7. The number of fused-ring (bicyclic) bond motifs is 1. The maximum absolute atomic E-state index is 11.8. The Hall–Kier alpha value is -2.61. The molecule has 0 fully saturated rings. The second kappa shape index (κ2) is 5.57. The molecule has 8 nitrogen and oxygen atoms in total. The monoisotopic (exact) mass is 293 g/mol. The van der Waals surface area contributed by atoms with Gasteiger partial charge in [-0.25, -0.2) is 15.2 Å². The fourth-order valence-corrected chi connectivity index (χ4v) is 1.70. The van der Waals surface area contributed by atoms with E-state index in [0.717, 1.165) is 0 Å². The normalized spacial score (nSPS) is 17.6. The van der Waals surface area contributed by atoms with Gasteiger partial charge in [-0.1, -0.05) is 11.6 Å². The van der Waals surface area contributed by atoms with E-state index in [1.165, 1.54) is 12.1 Å². The number of aldehydes is 1. The van der Waals surface area contributed by atoms with Gasteiger partial charge >= 0.3 is 6.03 Å². The van der Waals surface area contributed by atoms with Crippen molar-refractivity contribution in [2.75, 3.05) is 0 Å². The Balaban J connectivity index is 2.48. The van der Waals surface area contributed by atoms with E-state index in [-0.39, 0.29) is 5.71 Å². The molecule has 3 amide bonds. The highest BCUT2D eigenvalue weighted by atomic mass is 35.5. The SMILES string of the molecule is NC(=O)N/N=C(/C=O)C1N=c2cc(Cl)ccc2=NC1=O. The molecular formula is C11H8ClN5O3. The maximum Gasteiger partial charge on any atom is 0.332 e. The van der Waals surface area contributed by atoms with Crippen LogP contribution in [0, 0.1) is 0 Å². The number of carbonyl (C=O) groups excluding carboxylic acids is 3. The molecule has 9 heteroatoms. The summed E-state index contributed by atoms with van der Waals surface area (Å²) in [6.07, 6.45) is 0.299. The molecule has 0 spiro atoms. The second-order valence-electron chi connectivity index (χ2n) is 3.75. The molecule has 2 rings (SSSR count). The third-order valence-corrected chi connectivity index (χ3v) is 2.60. The van der Waals surface area contributed by atoms with Crippen LogP contribution in [0.25, 0.3) is 0 Å². The van der Waals surface area contributed by atoms with E-state index in [4.69, 9.17) is 17.3 Å². The molecule has 1 aliphatic rings. The Morgan fingerprint density at radius 3 is 2.85 bits per heavy atom. The van der Waals surface area contributed by atoms with Crippen molar-refractivity contribution in [3.8, 4) is 0 Å². The number of nitrogens with two attached hydrogens (primary N) is 1. The number of hydrogen-bond donors (Lipinski definition) is 2. The molecule has 1 aromatic carbocycles. The topological polar surface area (TPSA) is 126 Å². The highest BCUT2D eigenvalue weighted by molar-refractivity contribution is 6.36. The molecule has 102 valence electrons. The van der Waals surface area contributed by atoms with Crippen molar-refractivity contribution in [2.24, 2.45) is 20.8 Å².